The van der Waals surface area contributed by atoms with Crippen molar-refractivity contribution in [2.24, 2.45) is 10.9 Å². The predicted octanol–water partition coefficient (Wildman–Crippen LogP) is 3.32. The highest BCUT2D eigenvalue weighted by molar-refractivity contribution is 14.0. The topological polar surface area (TPSA) is 91.1 Å². The van der Waals surface area contributed by atoms with E-state index in [0.29, 0.717) is 24.2 Å². The van der Waals surface area contributed by atoms with Gasteiger partial charge in [0.05, 0.1) is 6.26 Å². The fourth-order valence-electron chi connectivity index (χ4n) is 2.95. The van der Waals surface area contributed by atoms with Gasteiger partial charge in [0, 0.05) is 12.6 Å². The number of aromatic amines is 1. The van der Waals surface area contributed by atoms with Crippen LogP contribution < -0.4 is 10.6 Å². The molecule has 0 atom stereocenters. The van der Waals surface area contributed by atoms with Gasteiger partial charge in [-0.25, -0.2) is 9.98 Å². The lowest BCUT2D eigenvalue weighted by atomic mass is 9.87. The number of hydrogen-bond acceptors (Lipinski definition) is 4. The number of aromatic nitrogens is 3. The summed E-state index contributed by atoms with van der Waals surface area (Å²) in [5.41, 5.74) is 0. The van der Waals surface area contributed by atoms with E-state index in [0.717, 1.165) is 24.2 Å². The van der Waals surface area contributed by atoms with Crippen molar-refractivity contribution in [3.05, 3.63) is 24.2 Å². The normalized spacial score (nSPS) is 20.8. The van der Waals surface area contributed by atoms with Gasteiger partial charge in [0.15, 0.2) is 11.7 Å². The van der Waals surface area contributed by atoms with Crippen LogP contribution in [-0.4, -0.2) is 33.7 Å². The van der Waals surface area contributed by atoms with Gasteiger partial charge in [-0.05, 0) is 50.7 Å². The Morgan fingerprint density at radius 1 is 1.36 bits per heavy atom. The Morgan fingerprint density at radius 3 is 2.84 bits per heavy atom. The van der Waals surface area contributed by atoms with Crippen molar-refractivity contribution in [3.63, 3.8) is 0 Å². The van der Waals surface area contributed by atoms with E-state index in [1.54, 1.807) is 6.26 Å². The molecule has 7 nitrogen and oxygen atoms in total. The molecule has 0 spiro atoms. The molecule has 8 heteroatoms. The number of H-pyrrole nitrogens is 1. The maximum atomic E-state index is 5.30. The molecule has 0 aromatic carbocycles. The van der Waals surface area contributed by atoms with E-state index < -0.39 is 0 Å². The van der Waals surface area contributed by atoms with Crippen LogP contribution in [0.2, 0.25) is 0 Å². The number of rotatable bonds is 5. The largest absolute Gasteiger partial charge is 0.461 e. The van der Waals surface area contributed by atoms with Gasteiger partial charge in [-0.1, -0.05) is 6.92 Å². The summed E-state index contributed by atoms with van der Waals surface area (Å²) in [6, 6.07) is 4.17. The second-order valence-electron chi connectivity index (χ2n) is 6.38. The van der Waals surface area contributed by atoms with Crippen molar-refractivity contribution in [1.29, 1.82) is 0 Å². The van der Waals surface area contributed by atoms with Crippen LogP contribution in [0.4, 0.5) is 0 Å². The highest BCUT2D eigenvalue weighted by Crippen LogP contribution is 2.23. The molecule has 25 heavy (non-hydrogen) atoms. The third kappa shape index (κ3) is 5.72. The van der Waals surface area contributed by atoms with Crippen LogP contribution in [0.5, 0.6) is 0 Å². The summed E-state index contributed by atoms with van der Waals surface area (Å²) in [6.07, 6.45) is 6.59. The van der Waals surface area contributed by atoms with Gasteiger partial charge in [-0.2, -0.15) is 0 Å². The van der Waals surface area contributed by atoms with E-state index in [9.17, 15) is 0 Å². The Morgan fingerprint density at radius 2 is 2.16 bits per heavy atom. The van der Waals surface area contributed by atoms with Crippen LogP contribution in [-0.2, 0) is 6.54 Å². The molecule has 2 heterocycles. The molecule has 1 fully saturated rings. The van der Waals surface area contributed by atoms with E-state index in [1.165, 1.54) is 25.7 Å². The zero-order valence-electron chi connectivity index (χ0n) is 14.8. The maximum absolute atomic E-state index is 5.30. The van der Waals surface area contributed by atoms with Crippen LogP contribution in [0.1, 0.15) is 45.4 Å². The van der Waals surface area contributed by atoms with Crippen molar-refractivity contribution < 1.29 is 4.42 Å². The first-order chi connectivity index (χ1) is 11.7. The van der Waals surface area contributed by atoms with Gasteiger partial charge in [-0.15, -0.1) is 29.1 Å². The maximum Gasteiger partial charge on any atom is 0.216 e. The fourth-order valence-corrected chi connectivity index (χ4v) is 2.95. The molecule has 0 aliphatic heterocycles. The smallest absolute Gasteiger partial charge is 0.216 e. The summed E-state index contributed by atoms with van der Waals surface area (Å²) in [4.78, 5) is 9.04. The predicted molar refractivity (Wildman–Crippen MR) is 109 cm³/mol. The van der Waals surface area contributed by atoms with Gasteiger partial charge in [0.25, 0.3) is 0 Å². The molecule has 2 aromatic rings. The Balaban J connectivity index is 0.00000225. The van der Waals surface area contributed by atoms with E-state index in [4.69, 9.17) is 4.42 Å². The Kier molecular flexibility index (Phi) is 7.73. The number of hydrogen-bond donors (Lipinski definition) is 3. The Bertz CT molecular complexity index is 646. The molecule has 1 aliphatic carbocycles. The standard InChI is InChI=1S/C17H26N6O.HI/c1-3-18-17(20-13-8-6-12(2)7-9-13)19-11-15-21-16(23-22-15)14-5-4-10-24-14;/h4-5,10,12-13H,3,6-9,11H2,1-2H3,(H2,18,19,20)(H,21,22,23);1H. The number of nitrogens with zero attached hydrogens (tertiary/aromatic N) is 3. The first-order valence-electron chi connectivity index (χ1n) is 8.74. The minimum Gasteiger partial charge on any atom is -0.461 e. The second-order valence-corrected chi connectivity index (χ2v) is 6.38. The average Bonchev–Trinajstić information content (AvgIpc) is 3.26. The van der Waals surface area contributed by atoms with Crippen molar-refractivity contribution in [3.8, 4) is 11.6 Å². The van der Waals surface area contributed by atoms with E-state index >= 15 is 0 Å². The minimum absolute atomic E-state index is 0. The zero-order chi connectivity index (χ0) is 16.8. The quantitative estimate of drug-likeness (QED) is 0.363. The van der Waals surface area contributed by atoms with Crippen molar-refractivity contribution >= 4 is 29.9 Å². The van der Waals surface area contributed by atoms with Gasteiger partial charge in [0.2, 0.25) is 5.82 Å². The van der Waals surface area contributed by atoms with Gasteiger partial charge >= 0.3 is 0 Å². The molecule has 0 bridgehead atoms. The van der Waals surface area contributed by atoms with E-state index in [-0.39, 0.29) is 24.0 Å². The number of guanidine groups is 1. The Hall–Kier alpha value is -1.58. The van der Waals surface area contributed by atoms with E-state index in [1.807, 2.05) is 12.1 Å². The molecule has 138 valence electrons. The molecule has 3 N–H and O–H groups in total. The number of nitrogens with one attached hydrogen (secondary N) is 3. The SMILES string of the molecule is CCNC(=NCc1nc(-c2ccco2)n[nH]1)NC1CCC(C)CC1.I. The van der Waals surface area contributed by atoms with Crippen molar-refractivity contribution in [2.75, 3.05) is 6.54 Å². The minimum atomic E-state index is 0. The van der Waals surface area contributed by atoms with E-state index in [2.05, 4.69) is 44.7 Å². The molecule has 0 amide bonds. The first kappa shape index (κ1) is 19.7. The van der Waals surface area contributed by atoms with Crippen molar-refractivity contribution in [1.82, 2.24) is 25.8 Å². The van der Waals surface area contributed by atoms with Crippen LogP contribution in [0.25, 0.3) is 11.6 Å². The number of halogens is 1. The van der Waals surface area contributed by atoms with Gasteiger partial charge in [-0.3, -0.25) is 5.10 Å². The van der Waals surface area contributed by atoms with Crippen LogP contribution in [0, 0.1) is 5.92 Å². The average molecular weight is 458 g/mol. The molecule has 0 radical (unpaired) electrons. The second kappa shape index (κ2) is 9.79. The summed E-state index contributed by atoms with van der Waals surface area (Å²) < 4.78 is 5.30. The lowest BCUT2D eigenvalue weighted by Crippen LogP contribution is -2.44. The summed E-state index contributed by atoms with van der Waals surface area (Å²) in [5.74, 6) is 3.62. The Labute approximate surface area is 165 Å². The number of furan rings is 1. The summed E-state index contributed by atoms with van der Waals surface area (Å²) in [7, 11) is 0. The molecule has 3 rings (SSSR count). The third-order valence-corrected chi connectivity index (χ3v) is 4.36. The molecule has 1 saturated carbocycles. The lowest BCUT2D eigenvalue weighted by molar-refractivity contribution is 0.329. The van der Waals surface area contributed by atoms with Gasteiger partial charge < -0.3 is 15.1 Å². The molecule has 2 aromatic heterocycles. The monoisotopic (exact) mass is 458 g/mol. The molecule has 1 aliphatic rings. The fraction of sp³-hybridized carbons (Fsp3) is 0.588. The third-order valence-electron chi connectivity index (χ3n) is 4.36. The summed E-state index contributed by atoms with van der Waals surface area (Å²) in [6.45, 7) is 5.69. The van der Waals surface area contributed by atoms with Crippen LogP contribution >= 0.6 is 24.0 Å². The van der Waals surface area contributed by atoms with Crippen LogP contribution in [0.3, 0.4) is 0 Å². The lowest BCUT2D eigenvalue weighted by Gasteiger charge is -2.28. The summed E-state index contributed by atoms with van der Waals surface area (Å²) in [5, 5.41) is 13.9. The number of aliphatic imine (C=N–C) groups is 1. The molecule has 0 unspecified atom stereocenters. The zero-order valence-corrected chi connectivity index (χ0v) is 17.1. The molecule has 0 saturated heterocycles. The van der Waals surface area contributed by atoms with Crippen LogP contribution in [0.15, 0.2) is 27.8 Å². The highest BCUT2D eigenvalue weighted by atomic mass is 127. The highest BCUT2D eigenvalue weighted by Gasteiger charge is 2.19. The van der Waals surface area contributed by atoms with Gasteiger partial charge in [0.1, 0.15) is 12.4 Å². The van der Waals surface area contributed by atoms with Crippen molar-refractivity contribution in [2.45, 2.75) is 52.1 Å². The first-order valence-corrected chi connectivity index (χ1v) is 8.74. The molecular weight excluding hydrogens is 431 g/mol. The molecular formula is C17H27IN6O. The summed E-state index contributed by atoms with van der Waals surface area (Å²) >= 11 is 0.